The highest BCUT2D eigenvalue weighted by Gasteiger charge is 2.08. The number of rotatable bonds is 3. The average molecular weight is 227 g/mol. The molecule has 0 radical (unpaired) electrons. The molecule has 0 N–H and O–H groups in total. The minimum atomic E-state index is -2.84. The van der Waals surface area contributed by atoms with Gasteiger partial charge in [0.15, 0.2) is 0 Å². The van der Waals surface area contributed by atoms with Crippen molar-refractivity contribution in [2.75, 3.05) is 0 Å². The second-order valence-corrected chi connectivity index (χ2v) is 2.97. The zero-order valence-corrected chi connectivity index (χ0v) is 7.95. The maximum atomic E-state index is 11.8. The molecule has 0 amide bonds. The second-order valence-electron chi connectivity index (χ2n) is 2.26. The zero-order valence-electron chi connectivity index (χ0n) is 6.44. The third kappa shape index (κ3) is 3.01. The molecule has 72 valence electrons. The molecule has 0 saturated carbocycles. The van der Waals surface area contributed by atoms with Crippen molar-refractivity contribution in [3.8, 4) is 5.75 Å². The van der Waals surface area contributed by atoms with Crippen LogP contribution in [0.5, 0.6) is 5.75 Å². The Morgan fingerprint density at radius 2 is 2.08 bits per heavy atom. The van der Waals surface area contributed by atoms with Gasteiger partial charge in [-0.3, -0.25) is 0 Å². The van der Waals surface area contributed by atoms with E-state index in [1.165, 1.54) is 18.2 Å². The third-order valence-electron chi connectivity index (χ3n) is 1.38. The molecule has 0 aromatic heterocycles. The summed E-state index contributed by atoms with van der Waals surface area (Å²) in [6, 6.07) is 4.33. The van der Waals surface area contributed by atoms with Crippen LogP contribution in [-0.4, -0.2) is 6.61 Å². The number of benzene rings is 1. The van der Waals surface area contributed by atoms with E-state index in [9.17, 15) is 8.78 Å². The summed E-state index contributed by atoms with van der Waals surface area (Å²) in [5, 5.41) is 0.442. The van der Waals surface area contributed by atoms with Crippen molar-refractivity contribution in [2.45, 2.75) is 12.5 Å². The molecular formula is C8H6Cl2F2O. The molecule has 0 heterocycles. The van der Waals surface area contributed by atoms with Crippen LogP contribution < -0.4 is 4.74 Å². The Morgan fingerprint density at radius 1 is 1.38 bits per heavy atom. The molecule has 13 heavy (non-hydrogen) atoms. The van der Waals surface area contributed by atoms with E-state index in [-0.39, 0.29) is 11.6 Å². The van der Waals surface area contributed by atoms with Crippen LogP contribution in [0.3, 0.4) is 0 Å². The smallest absolute Gasteiger partial charge is 0.387 e. The summed E-state index contributed by atoms with van der Waals surface area (Å²) >= 11 is 11.1. The fourth-order valence-electron chi connectivity index (χ4n) is 0.863. The van der Waals surface area contributed by atoms with E-state index in [4.69, 9.17) is 23.2 Å². The van der Waals surface area contributed by atoms with Crippen LogP contribution in [0.4, 0.5) is 8.78 Å². The lowest BCUT2D eigenvalue weighted by Crippen LogP contribution is -2.03. The van der Waals surface area contributed by atoms with Crippen LogP contribution in [0.1, 0.15) is 5.56 Å². The van der Waals surface area contributed by atoms with Crippen LogP contribution in [0, 0.1) is 0 Å². The Balaban J connectivity index is 2.92. The molecule has 5 heteroatoms. The van der Waals surface area contributed by atoms with Crippen molar-refractivity contribution in [3.05, 3.63) is 28.8 Å². The molecule has 0 fully saturated rings. The van der Waals surface area contributed by atoms with Crippen molar-refractivity contribution in [1.82, 2.24) is 0 Å². The lowest BCUT2D eigenvalue weighted by atomic mass is 10.2. The molecule has 0 bridgehead atoms. The fourth-order valence-corrected chi connectivity index (χ4v) is 1.27. The SMILES string of the molecule is FC(F)Oc1ccc(Cl)cc1CCl. The first-order valence-electron chi connectivity index (χ1n) is 3.42. The van der Waals surface area contributed by atoms with Crippen LogP contribution in [-0.2, 0) is 5.88 Å². The Morgan fingerprint density at radius 3 is 2.62 bits per heavy atom. The molecule has 0 spiro atoms. The number of alkyl halides is 3. The summed E-state index contributed by atoms with van der Waals surface area (Å²) in [7, 11) is 0. The minimum absolute atomic E-state index is 0.0643. The van der Waals surface area contributed by atoms with Crippen LogP contribution in [0.25, 0.3) is 0 Å². The van der Waals surface area contributed by atoms with Gasteiger partial charge in [-0.15, -0.1) is 11.6 Å². The molecule has 0 aliphatic carbocycles. The first kappa shape index (κ1) is 10.5. The number of halogens is 4. The molecule has 1 aromatic rings. The summed E-state index contributed by atoms with van der Waals surface area (Å²) in [5.74, 6) is 0.150. The van der Waals surface area contributed by atoms with Crippen LogP contribution in [0.15, 0.2) is 18.2 Å². The lowest BCUT2D eigenvalue weighted by Gasteiger charge is -2.08. The first-order chi connectivity index (χ1) is 6.13. The summed E-state index contributed by atoms with van der Waals surface area (Å²) in [6.07, 6.45) is 0. The predicted molar refractivity (Wildman–Crippen MR) is 47.6 cm³/mol. The van der Waals surface area contributed by atoms with Gasteiger partial charge in [-0.05, 0) is 18.2 Å². The van der Waals surface area contributed by atoms with Crippen molar-refractivity contribution < 1.29 is 13.5 Å². The second kappa shape index (κ2) is 4.63. The Labute approximate surface area is 84.2 Å². The third-order valence-corrected chi connectivity index (χ3v) is 1.91. The van der Waals surface area contributed by atoms with Gasteiger partial charge >= 0.3 is 6.61 Å². The normalized spacial score (nSPS) is 10.5. The number of ether oxygens (including phenoxy) is 1. The van der Waals surface area contributed by atoms with Crippen LogP contribution in [0.2, 0.25) is 5.02 Å². The van der Waals surface area contributed by atoms with Gasteiger partial charge in [0, 0.05) is 10.6 Å². The van der Waals surface area contributed by atoms with Gasteiger partial charge in [0.25, 0.3) is 0 Å². The molecule has 1 aromatic carbocycles. The van der Waals surface area contributed by atoms with Gasteiger partial charge in [-0.25, -0.2) is 0 Å². The van der Waals surface area contributed by atoms with Gasteiger partial charge in [0.2, 0.25) is 0 Å². The molecule has 0 atom stereocenters. The van der Waals surface area contributed by atoms with Gasteiger partial charge in [0.1, 0.15) is 5.75 Å². The quantitative estimate of drug-likeness (QED) is 0.715. The summed E-state index contributed by atoms with van der Waals surface area (Å²) < 4.78 is 27.9. The van der Waals surface area contributed by atoms with Gasteiger partial charge < -0.3 is 4.74 Å². The minimum Gasteiger partial charge on any atom is -0.434 e. The molecule has 0 saturated heterocycles. The van der Waals surface area contributed by atoms with E-state index in [2.05, 4.69) is 4.74 Å². The number of hydrogen-bond acceptors (Lipinski definition) is 1. The summed E-state index contributed by atoms with van der Waals surface area (Å²) in [5.41, 5.74) is 0.453. The highest BCUT2D eigenvalue weighted by molar-refractivity contribution is 6.30. The topological polar surface area (TPSA) is 9.23 Å². The fraction of sp³-hybridized carbons (Fsp3) is 0.250. The molecule has 1 rings (SSSR count). The molecule has 1 nitrogen and oxygen atoms in total. The van der Waals surface area contributed by atoms with E-state index in [1.807, 2.05) is 0 Å². The van der Waals surface area contributed by atoms with Crippen LogP contribution >= 0.6 is 23.2 Å². The Bertz CT molecular complexity index is 291. The Kier molecular flexibility index (Phi) is 3.75. The molecule has 0 aliphatic rings. The van der Waals surface area contributed by atoms with Crippen molar-refractivity contribution in [1.29, 1.82) is 0 Å². The number of hydrogen-bond donors (Lipinski definition) is 0. The van der Waals surface area contributed by atoms with E-state index in [0.29, 0.717) is 10.6 Å². The van der Waals surface area contributed by atoms with Crippen molar-refractivity contribution in [2.24, 2.45) is 0 Å². The van der Waals surface area contributed by atoms with Crippen molar-refractivity contribution in [3.63, 3.8) is 0 Å². The van der Waals surface area contributed by atoms with Gasteiger partial charge in [0.05, 0.1) is 5.88 Å². The first-order valence-corrected chi connectivity index (χ1v) is 4.34. The maximum absolute atomic E-state index is 11.8. The monoisotopic (exact) mass is 226 g/mol. The highest BCUT2D eigenvalue weighted by Crippen LogP contribution is 2.25. The maximum Gasteiger partial charge on any atom is 0.387 e. The van der Waals surface area contributed by atoms with E-state index < -0.39 is 6.61 Å². The zero-order chi connectivity index (χ0) is 9.84. The average Bonchev–Trinajstić information content (AvgIpc) is 2.07. The predicted octanol–water partition coefficient (Wildman–Crippen LogP) is 3.68. The highest BCUT2D eigenvalue weighted by atomic mass is 35.5. The van der Waals surface area contributed by atoms with E-state index in [1.54, 1.807) is 0 Å². The summed E-state index contributed by atoms with van der Waals surface area (Å²) in [6.45, 7) is -2.84. The van der Waals surface area contributed by atoms with E-state index in [0.717, 1.165) is 0 Å². The van der Waals surface area contributed by atoms with Gasteiger partial charge in [-0.1, -0.05) is 11.6 Å². The van der Waals surface area contributed by atoms with Gasteiger partial charge in [-0.2, -0.15) is 8.78 Å². The standard InChI is InChI=1S/C8H6Cl2F2O/c9-4-5-3-6(10)1-2-7(5)13-8(11)12/h1-3,8H,4H2. The molecular weight excluding hydrogens is 221 g/mol. The molecule has 0 unspecified atom stereocenters. The van der Waals surface area contributed by atoms with E-state index >= 15 is 0 Å². The largest absolute Gasteiger partial charge is 0.434 e. The molecule has 0 aliphatic heterocycles. The summed E-state index contributed by atoms with van der Waals surface area (Å²) in [4.78, 5) is 0. The Hall–Kier alpha value is -0.540. The lowest BCUT2D eigenvalue weighted by molar-refractivity contribution is -0.0503. The van der Waals surface area contributed by atoms with Crippen molar-refractivity contribution >= 4 is 23.2 Å².